The van der Waals surface area contributed by atoms with Gasteiger partial charge in [0.05, 0.1) is 6.61 Å². The van der Waals surface area contributed by atoms with E-state index in [1.54, 1.807) is 11.6 Å². The summed E-state index contributed by atoms with van der Waals surface area (Å²) in [4.78, 5) is 30.5. The second-order valence-electron chi connectivity index (χ2n) is 6.54. The van der Waals surface area contributed by atoms with E-state index in [1.807, 2.05) is 31.3 Å². The molecule has 0 aliphatic carbocycles. The second-order valence-corrected chi connectivity index (χ2v) is 6.98. The van der Waals surface area contributed by atoms with Crippen LogP contribution in [0.25, 0.3) is 11.2 Å². The summed E-state index contributed by atoms with van der Waals surface area (Å²) in [6, 6.07) is 7.36. The van der Waals surface area contributed by atoms with E-state index in [-0.39, 0.29) is 0 Å². The monoisotopic (exact) mass is 390 g/mol. The van der Waals surface area contributed by atoms with Gasteiger partial charge in [-0.25, -0.2) is 9.78 Å². The fraction of sp³-hybridized carbons (Fsp3) is 0.421. The molecule has 0 saturated heterocycles. The molecule has 0 amide bonds. The molecule has 0 spiro atoms. The number of H-pyrrole nitrogens is 1. The molecular weight excluding hydrogens is 368 g/mol. The van der Waals surface area contributed by atoms with Gasteiger partial charge in [-0.1, -0.05) is 24.4 Å². The number of nitrogens with zero attached hydrogens (tertiary/aromatic N) is 3. The molecule has 7 nitrogen and oxygen atoms in total. The van der Waals surface area contributed by atoms with Crippen molar-refractivity contribution in [2.45, 2.75) is 32.1 Å². The lowest BCUT2D eigenvalue weighted by Gasteiger charge is -2.06. The van der Waals surface area contributed by atoms with Crippen LogP contribution < -0.4 is 16.0 Å². The van der Waals surface area contributed by atoms with Crippen LogP contribution in [0.3, 0.4) is 0 Å². The number of halogens is 1. The minimum Gasteiger partial charge on any atom is -0.494 e. The van der Waals surface area contributed by atoms with Crippen molar-refractivity contribution in [2.24, 2.45) is 14.1 Å². The van der Waals surface area contributed by atoms with Crippen molar-refractivity contribution >= 4 is 22.8 Å². The molecule has 2 heterocycles. The van der Waals surface area contributed by atoms with Crippen LogP contribution in [0.5, 0.6) is 5.75 Å². The first-order valence-corrected chi connectivity index (χ1v) is 9.38. The van der Waals surface area contributed by atoms with Crippen LogP contribution in [0.1, 0.15) is 31.5 Å². The lowest BCUT2D eigenvalue weighted by atomic mass is 10.1. The number of benzene rings is 1. The van der Waals surface area contributed by atoms with E-state index >= 15 is 0 Å². The number of fused-ring (bicyclic) bond motifs is 1. The van der Waals surface area contributed by atoms with Crippen LogP contribution in [0.15, 0.2) is 33.9 Å². The Bertz CT molecular complexity index is 1030. The Hall–Kier alpha value is -2.54. The third-order valence-electron chi connectivity index (χ3n) is 4.60. The molecular formula is C19H23ClN4O3. The highest BCUT2D eigenvalue weighted by molar-refractivity contribution is 6.30. The molecule has 27 heavy (non-hydrogen) atoms. The SMILES string of the molecule is Cn1c(CCCCCCOc2ccc(Cl)cc2)nc2c1c(=O)[nH]c(=O)n2C. The van der Waals surface area contributed by atoms with Crippen LogP contribution in [-0.4, -0.2) is 25.7 Å². The van der Waals surface area contributed by atoms with E-state index in [0.717, 1.165) is 43.7 Å². The summed E-state index contributed by atoms with van der Waals surface area (Å²) in [5.41, 5.74) is 0.0209. The predicted molar refractivity (Wildman–Crippen MR) is 106 cm³/mol. The number of rotatable bonds is 8. The normalized spacial score (nSPS) is 11.2. The number of unbranched alkanes of at least 4 members (excludes halogenated alkanes) is 3. The first-order valence-electron chi connectivity index (χ1n) is 9.00. The zero-order valence-electron chi connectivity index (χ0n) is 15.5. The summed E-state index contributed by atoms with van der Waals surface area (Å²) in [6.45, 7) is 0.672. The number of ether oxygens (including phenoxy) is 1. The second kappa shape index (κ2) is 8.43. The zero-order chi connectivity index (χ0) is 19.4. The van der Waals surface area contributed by atoms with Crippen molar-refractivity contribution in [1.82, 2.24) is 19.1 Å². The fourth-order valence-electron chi connectivity index (χ4n) is 3.04. The van der Waals surface area contributed by atoms with Gasteiger partial charge in [-0.05, 0) is 37.1 Å². The van der Waals surface area contributed by atoms with Gasteiger partial charge >= 0.3 is 5.69 Å². The van der Waals surface area contributed by atoms with Crippen LogP contribution in [0.4, 0.5) is 0 Å². The third-order valence-corrected chi connectivity index (χ3v) is 4.86. The Kier molecular flexibility index (Phi) is 6.01. The predicted octanol–water partition coefficient (Wildman–Crippen LogP) is 2.80. The summed E-state index contributed by atoms with van der Waals surface area (Å²) in [5, 5.41) is 0.700. The van der Waals surface area contributed by atoms with Gasteiger partial charge in [-0.3, -0.25) is 14.3 Å². The Labute approximate surface area is 161 Å². The molecule has 0 aliphatic heterocycles. The molecule has 0 bridgehead atoms. The summed E-state index contributed by atoms with van der Waals surface area (Å²) in [5.74, 6) is 1.64. The summed E-state index contributed by atoms with van der Waals surface area (Å²) in [6.07, 6.45) is 4.79. The van der Waals surface area contributed by atoms with Crippen LogP contribution in [0.2, 0.25) is 5.02 Å². The maximum absolute atomic E-state index is 12.0. The van der Waals surface area contributed by atoms with Gasteiger partial charge in [-0.2, -0.15) is 0 Å². The fourth-order valence-corrected chi connectivity index (χ4v) is 3.16. The lowest BCUT2D eigenvalue weighted by molar-refractivity contribution is 0.304. The minimum atomic E-state index is -0.446. The summed E-state index contributed by atoms with van der Waals surface area (Å²) < 4.78 is 8.82. The van der Waals surface area contributed by atoms with Gasteiger partial charge in [0.25, 0.3) is 5.56 Å². The number of aromatic nitrogens is 4. The van der Waals surface area contributed by atoms with Crippen molar-refractivity contribution < 1.29 is 4.74 Å². The summed E-state index contributed by atoms with van der Waals surface area (Å²) >= 11 is 5.84. The molecule has 1 aromatic carbocycles. The number of hydrogen-bond acceptors (Lipinski definition) is 4. The molecule has 3 rings (SSSR count). The van der Waals surface area contributed by atoms with E-state index in [9.17, 15) is 9.59 Å². The number of nitrogens with one attached hydrogen (secondary N) is 1. The maximum atomic E-state index is 12.0. The lowest BCUT2D eigenvalue weighted by Crippen LogP contribution is -2.29. The van der Waals surface area contributed by atoms with Crippen LogP contribution in [0, 0.1) is 0 Å². The van der Waals surface area contributed by atoms with E-state index in [1.165, 1.54) is 4.57 Å². The molecule has 1 N–H and O–H groups in total. The highest BCUT2D eigenvalue weighted by atomic mass is 35.5. The molecule has 0 unspecified atom stereocenters. The molecule has 144 valence electrons. The Balaban J connectivity index is 1.47. The zero-order valence-corrected chi connectivity index (χ0v) is 16.3. The molecule has 0 saturated carbocycles. The smallest absolute Gasteiger partial charge is 0.329 e. The number of imidazole rings is 1. The van der Waals surface area contributed by atoms with Crippen molar-refractivity contribution in [1.29, 1.82) is 0 Å². The average Bonchev–Trinajstić information content (AvgIpc) is 2.98. The molecule has 0 aliphatic rings. The van der Waals surface area contributed by atoms with Gasteiger partial charge in [0.15, 0.2) is 11.2 Å². The van der Waals surface area contributed by atoms with Crippen molar-refractivity contribution in [3.63, 3.8) is 0 Å². The molecule has 2 aromatic heterocycles. The molecule has 8 heteroatoms. The molecule has 0 atom stereocenters. The van der Waals surface area contributed by atoms with Crippen molar-refractivity contribution in [2.75, 3.05) is 6.61 Å². The van der Waals surface area contributed by atoms with Crippen LogP contribution >= 0.6 is 11.6 Å². The molecule has 0 radical (unpaired) electrons. The van der Waals surface area contributed by atoms with Gasteiger partial charge in [0.1, 0.15) is 11.6 Å². The number of aromatic amines is 1. The molecule has 0 fully saturated rings. The standard InChI is InChI=1S/C19H23ClN4O3/c1-23-15(21-17-16(23)18(25)22-19(26)24(17)2)7-5-3-4-6-12-27-14-10-8-13(20)9-11-14/h8-11H,3-7,12H2,1-2H3,(H,22,25,26). The first kappa shape index (κ1) is 19.2. The maximum Gasteiger partial charge on any atom is 0.329 e. The minimum absolute atomic E-state index is 0.395. The van der Waals surface area contributed by atoms with Gasteiger partial charge in [0, 0.05) is 25.5 Å². The van der Waals surface area contributed by atoms with Crippen molar-refractivity contribution in [3.8, 4) is 5.75 Å². The van der Waals surface area contributed by atoms with Gasteiger partial charge < -0.3 is 9.30 Å². The van der Waals surface area contributed by atoms with E-state index < -0.39 is 11.2 Å². The third kappa shape index (κ3) is 4.42. The molecule has 3 aromatic rings. The van der Waals surface area contributed by atoms with E-state index in [4.69, 9.17) is 16.3 Å². The summed E-state index contributed by atoms with van der Waals surface area (Å²) in [7, 11) is 3.42. The van der Waals surface area contributed by atoms with Crippen molar-refractivity contribution in [3.05, 3.63) is 56.0 Å². The highest BCUT2D eigenvalue weighted by Gasteiger charge is 2.14. The average molecular weight is 391 g/mol. The highest BCUT2D eigenvalue weighted by Crippen LogP contribution is 2.16. The van der Waals surface area contributed by atoms with E-state index in [0.29, 0.717) is 22.8 Å². The number of hydrogen-bond donors (Lipinski definition) is 1. The van der Waals surface area contributed by atoms with E-state index in [2.05, 4.69) is 9.97 Å². The Morgan fingerprint density at radius 3 is 2.48 bits per heavy atom. The van der Waals surface area contributed by atoms with Gasteiger partial charge in [-0.15, -0.1) is 0 Å². The number of aryl methyl sites for hydroxylation is 3. The van der Waals surface area contributed by atoms with Gasteiger partial charge in [0.2, 0.25) is 0 Å². The topological polar surface area (TPSA) is 81.9 Å². The Morgan fingerprint density at radius 1 is 1.04 bits per heavy atom. The Morgan fingerprint density at radius 2 is 1.74 bits per heavy atom. The first-order chi connectivity index (χ1) is 13.0. The largest absolute Gasteiger partial charge is 0.494 e. The van der Waals surface area contributed by atoms with Crippen LogP contribution in [-0.2, 0) is 20.5 Å². The quantitative estimate of drug-likeness (QED) is 0.599.